The molecule has 0 radical (unpaired) electrons. The van der Waals surface area contributed by atoms with Gasteiger partial charge in [0.25, 0.3) is 0 Å². The van der Waals surface area contributed by atoms with E-state index >= 15 is 0 Å². The summed E-state index contributed by atoms with van der Waals surface area (Å²) in [6.45, 7) is 1.85. The fraction of sp³-hybridized carbons (Fsp3) is 0.643. The van der Waals surface area contributed by atoms with Crippen molar-refractivity contribution in [1.29, 1.82) is 0 Å². The van der Waals surface area contributed by atoms with Crippen molar-refractivity contribution in [3.05, 3.63) is 30.1 Å². The van der Waals surface area contributed by atoms with E-state index in [0.717, 1.165) is 32.0 Å². The first-order chi connectivity index (χ1) is 8.40. The molecule has 1 aromatic heterocycles. The summed E-state index contributed by atoms with van der Waals surface area (Å²) in [5.41, 5.74) is 1.19. The second-order valence-corrected chi connectivity index (χ2v) is 4.70. The smallest absolute Gasteiger partial charge is 0.0469 e. The Labute approximate surface area is 104 Å². The molecule has 1 fully saturated rings. The standard InChI is InChI=1S/C14H22N2O/c1-15-14(12-7-10-17-11-8-12)6-5-13-4-2-3-9-16-13/h2-4,9,12,14-15H,5-8,10-11H2,1H3. The van der Waals surface area contributed by atoms with Crippen molar-refractivity contribution in [3.63, 3.8) is 0 Å². The van der Waals surface area contributed by atoms with Crippen molar-refractivity contribution in [2.45, 2.75) is 31.7 Å². The summed E-state index contributed by atoms with van der Waals surface area (Å²) in [6, 6.07) is 6.74. The van der Waals surface area contributed by atoms with E-state index in [-0.39, 0.29) is 0 Å². The third kappa shape index (κ3) is 3.79. The van der Waals surface area contributed by atoms with Gasteiger partial charge in [-0.1, -0.05) is 6.07 Å². The maximum Gasteiger partial charge on any atom is 0.0469 e. The van der Waals surface area contributed by atoms with Crippen molar-refractivity contribution in [3.8, 4) is 0 Å². The number of hydrogen-bond donors (Lipinski definition) is 1. The Morgan fingerprint density at radius 3 is 2.88 bits per heavy atom. The van der Waals surface area contributed by atoms with Crippen LogP contribution in [0.3, 0.4) is 0 Å². The van der Waals surface area contributed by atoms with E-state index in [1.54, 1.807) is 0 Å². The van der Waals surface area contributed by atoms with Crippen LogP contribution < -0.4 is 5.32 Å². The van der Waals surface area contributed by atoms with Crippen molar-refractivity contribution < 1.29 is 4.74 Å². The Morgan fingerprint density at radius 1 is 1.41 bits per heavy atom. The number of aryl methyl sites for hydroxylation is 1. The van der Waals surface area contributed by atoms with E-state index in [2.05, 4.69) is 29.5 Å². The van der Waals surface area contributed by atoms with E-state index in [9.17, 15) is 0 Å². The summed E-state index contributed by atoms with van der Waals surface area (Å²) < 4.78 is 5.42. The number of hydrogen-bond acceptors (Lipinski definition) is 3. The molecule has 0 saturated carbocycles. The van der Waals surface area contributed by atoms with Gasteiger partial charge in [0.1, 0.15) is 0 Å². The molecule has 1 N–H and O–H groups in total. The van der Waals surface area contributed by atoms with Crippen LogP contribution in [0.2, 0.25) is 0 Å². The van der Waals surface area contributed by atoms with Gasteiger partial charge >= 0.3 is 0 Å². The SMILES string of the molecule is CNC(CCc1ccccn1)C1CCOCC1. The summed E-state index contributed by atoms with van der Waals surface area (Å²) in [7, 11) is 2.07. The zero-order valence-electron chi connectivity index (χ0n) is 10.6. The van der Waals surface area contributed by atoms with Crippen LogP contribution >= 0.6 is 0 Å². The van der Waals surface area contributed by atoms with Crippen molar-refractivity contribution >= 4 is 0 Å². The van der Waals surface area contributed by atoms with Crippen LogP contribution in [0, 0.1) is 5.92 Å². The van der Waals surface area contributed by atoms with Crippen LogP contribution in [0.1, 0.15) is 25.0 Å². The Hall–Kier alpha value is -0.930. The van der Waals surface area contributed by atoms with Gasteiger partial charge in [0.2, 0.25) is 0 Å². The van der Waals surface area contributed by atoms with Gasteiger partial charge in [-0.05, 0) is 50.8 Å². The number of rotatable bonds is 5. The maximum absolute atomic E-state index is 5.42. The fourth-order valence-electron chi connectivity index (χ4n) is 2.58. The van der Waals surface area contributed by atoms with Crippen LogP contribution in [-0.4, -0.2) is 31.3 Å². The molecular weight excluding hydrogens is 212 g/mol. The Morgan fingerprint density at radius 2 is 2.24 bits per heavy atom. The first kappa shape index (κ1) is 12.5. The first-order valence-corrected chi connectivity index (χ1v) is 6.55. The summed E-state index contributed by atoms with van der Waals surface area (Å²) in [4.78, 5) is 4.38. The Balaban J connectivity index is 1.82. The molecule has 2 heterocycles. The molecule has 3 nitrogen and oxygen atoms in total. The number of aromatic nitrogens is 1. The summed E-state index contributed by atoms with van der Waals surface area (Å²) in [6.07, 6.45) is 6.47. The minimum Gasteiger partial charge on any atom is -0.381 e. The highest BCUT2D eigenvalue weighted by molar-refractivity contribution is 5.03. The van der Waals surface area contributed by atoms with Crippen LogP contribution in [0.15, 0.2) is 24.4 Å². The first-order valence-electron chi connectivity index (χ1n) is 6.55. The number of nitrogens with zero attached hydrogens (tertiary/aromatic N) is 1. The van der Waals surface area contributed by atoms with Gasteiger partial charge in [-0.2, -0.15) is 0 Å². The fourth-order valence-corrected chi connectivity index (χ4v) is 2.58. The zero-order valence-corrected chi connectivity index (χ0v) is 10.6. The van der Waals surface area contributed by atoms with Crippen LogP contribution in [-0.2, 0) is 11.2 Å². The highest BCUT2D eigenvalue weighted by Crippen LogP contribution is 2.21. The molecule has 1 aliphatic rings. The predicted molar refractivity (Wildman–Crippen MR) is 68.9 cm³/mol. The molecule has 0 spiro atoms. The Kier molecular flexibility index (Phi) is 4.95. The average molecular weight is 234 g/mol. The van der Waals surface area contributed by atoms with Crippen LogP contribution in [0.25, 0.3) is 0 Å². The van der Waals surface area contributed by atoms with E-state index in [1.807, 2.05) is 12.3 Å². The lowest BCUT2D eigenvalue weighted by Crippen LogP contribution is -2.37. The van der Waals surface area contributed by atoms with Gasteiger partial charge < -0.3 is 10.1 Å². The molecule has 1 unspecified atom stereocenters. The summed E-state index contributed by atoms with van der Waals surface area (Å²) in [5.74, 6) is 0.762. The van der Waals surface area contributed by atoms with Crippen molar-refractivity contribution in [2.24, 2.45) is 5.92 Å². The third-order valence-electron chi connectivity index (χ3n) is 3.64. The topological polar surface area (TPSA) is 34.2 Å². The zero-order chi connectivity index (χ0) is 11.9. The van der Waals surface area contributed by atoms with Gasteiger partial charge in [0.05, 0.1) is 0 Å². The summed E-state index contributed by atoms with van der Waals surface area (Å²) >= 11 is 0. The van der Waals surface area contributed by atoms with E-state index < -0.39 is 0 Å². The maximum atomic E-state index is 5.42. The molecule has 0 aromatic carbocycles. The summed E-state index contributed by atoms with van der Waals surface area (Å²) in [5, 5.41) is 3.46. The van der Waals surface area contributed by atoms with Gasteiger partial charge in [0.15, 0.2) is 0 Å². The molecule has 2 rings (SSSR count). The molecule has 0 aliphatic carbocycles. The lowest BCUT2D eigenvalue weighted by molar-refractivity contribution is 0.0536. The molecule has 1 aliphatic heterocycles. The molecule has 1 aromatic rings. The highest BCUT2D eigenvalue weighted by atomic mass is 16.5. The lowest BCUT2D eigenvalue weighted by Gasteiger charge is -2.30. The van der Waals surface area contributed by atoms with Crippen LogP contribution in [0.4, 0.5) is 0 Å². The third-order valence-corrected chi connectivity index (χ3v) is 3.64. The van der Waals surface area contributed by atoms with Crippen molar-refractivity contribution in [2.75, 3.05) is 20.3 Å². The normalized spacial score (nSPS) is 19.1. The minimum atomic E-state index is 0.598. The van der Waals surface area contributed by atoms with Gasteiger partial charge in [-0.3, -0.25) is 4.98 Å². The molecule has 3 heteroatoms. The average Bonchev–Trinajstić information content (AvgIpc) is 2.42. The monoisotopic (exact) mass is 234 g/mol. The molecule has 1 saturated heterocycles. The Bertz CT molecular complexity index is 309. The molecule has 0 amide bonds. The van der Waals surface area contributed by atoms with Gasteiger partial charge in [-0.25, -0.2) is 0 Å². The second kappa shape index (κ2) is 6.72. The lowest BCUT2D eigenvalue weighted by atomic mass is 9.88. The van der Waals surface area contributed by atoms with E-state index in [1.165, 1.54) is 18.5 Å². The highest BCUT2D eigenvalue weighted by Gasteiger charge is 2.22. The van der Waals surface area contributed by atoms with Gasteiger partial charge in [-0.15, -0.1) is 0 Å². The number of ether oxygens (including phenoxy) is 1. The van der Waals surface area contributed by atoms with Crippen molar-refractivity contribution in [1.82, 2.24) is 10.3 Å². The molecule has 94 valence electrons. The van der Waals surface area contributed by atoms with E-state index in [0.29, 0.717) is 6.04 Å². The quantitative estimate of drug-likeness (QED) is 0.846. The predicted octanol–water partition coefficient (Wildman–Crippen LogP) is 2.03. The molecular formula is C14H22N2O. The molecule has 17 heavy (non-hydrogen) atoms. The number of nitrogens with one attached hydrogen (secondary N) is 1. The van der Waals surface area contributed by atoms with Gasteiger partial charge in [0, 0.05) is 31.1 Å². The minimum absolute atomic E-state index is 0.598. The number of pyridine rings is 1. The second-order valence-electron chi connectivity index (χ2n) is 4.70. The molecule has 0 bridgehead atoms. The van der Waals surface area contributed by atoms with Crippen LogP contribution in [0.5, 0.6) is 0 Å². The largest absolute Gasteiger partial charge is 0.381 e. The van der Waals surface area contributed by atoms with E-state index in [4.69, 9.17) is 4.74 Å². The molecule has 1 atom stereocenters.